The van der Waals surface area contributed by atoms with Crippen LogP contribution in [0.5, 0.6) is 0 Å². The van der Waals surface area contributed by atoms with Crippen molar-refractivity contribution in [3.8, 4) is 0 Å². The molecule has 2 atom stereocenters. The molecule has 8 heteroatoms. The van der Waals surface area contributed by atoms with Gasteiger partial charge in [0.2, 0.25) is 20.0 Å². The van der Waals surface area contributed by atoms with Gasteiger partial charge in [-0.25, -0.2) is 22.0 Å². The lowest BCUT2D eigenvalue weighted by atomic mass is 9.96. The van der Waals surface area contributed by atoms with Crippen molar-refractivity contribution in [2.24, 2.45) is 5.14 Å². The van der Waals surface area contributed by atoms with Crippen LogP contribution in [0.25, 0.3) is 5.57 Å². The zero-order valence-electron chi connectivity index (χ0n) is 14.5. The van der Waals surface area contributed by atoms with Crippen molar-refractivity contribution in [3.05, 3.63) is 66.2 Å². The number of nitrogens with two attached hydrogens (primary N) is 1. The normalized spacial score (nSPS) is 23.2. The largest absolute Gasteiger partial charge is 0.243 e. The Kier molecular flexibility index (Phi) is 4.46. The molecule has 1 saturated heterocycles. The van der Waals surface area contributed by atoms with E-state index in [2.05, 4.69) is 0 Å². The highest BCUT2D eigenvalue weighted by Crippen LogP contribution is 2.41. The van der Waals surface area contributed by atoms with Crippen molar-refractivity contribution in [2.45, 2.75) is 41.1 Å². The van der Waals surface area contributed by atoms with E-state index in [1.165, 1.54) is 22.5 Å². The molecule has 0 aliphatic carbocycles. The van der Waals surface area contributed by atoms with Crippen LogP contribution in [0.1, 0.15) is 24.8 Å². The first-order valence-corrected chi connectivity index (χ1v) is 11.7. The number of hydrogen-bond acceptors (Lipinski definition) is 4. The van der Waals surface area contributed by atoms with Crippen LogP contribution in [0.15, 0.2) is 70.5 Å². The van der Waals surface area contributed by atoms with Gasteiger partial charge in [0, 0.05) is 12.1 Å². The van der Waals surface area contributed by atoms with Crippen LogP contribution < -0.4 is 5.14 Å². The van der Waals surface area contributed by atoms with Crippen molar-refractivity contribution in [1.82, 2.24) is 4.31 Å². The molecule has 0 saturated carbocycles. The third-order valence-corrected chi connectivity index (χ3v) is 8.07. The molecule has 2 heterocycles. The Balaban J connectivity index is 1.71. The van der Waals surface area contributed by atoms with Crippen LogP contribution in [0.2, 0.25) is 0 Å². The van der Waals surface area contributed by atoms with Crippen LogP contribution in [-0.2, 0) is 20.0 Å². The third kappa shape index (κ3) is 3.34. The summed E-state index contributed by atoms with van der Waals surface area (Å²) in [5.41, 5.74) is 2.27. The molecule has 0 radical (unpaired) electrons. The topological polar surface area (TPSA) is 97.5 Å². The standard InChI is InChI=1S/C19H20N2O4S2/c20-26(22,23)18-7-4-8-19(13-18)27(24,25)21-16-9-10-17(21)12-15(11-16)14-5-2-1-3-6-14/h1-8,11,13,16-17H,9-10,12H2,(H2,20,22,23). The fraction of sp³-hybridized carbons (Fsp3) is 0.263. The van der Waals surface area contributed by atoms with Crippen molar-refractivity contribution in [2.75, 3.05) is 0 Å². The zero-order valence-corrected chi connectivity index (χ0v) is 16.2. The number of benzene rings is 2. The second kappa shape index (κ2) is 6.56. The molecule has 0 spiro atoms. The van der Waals surface area contributed by atoms with Gasteiger partial charge >= 0.3 is 0 Å². The van der Waals surface area contributed by atoms with Gasteiger partial charge in [-0.05, 0) is 48.6 Å². The second-order valence-electron chi connectivity index (χ2n) is 6.92. The second-order valence-corrected chi connectivity index (χ2v) is 10.3. The molecular weight excluding hydrogens is 384 g/mol. The Bertz CT molecular complexity index is 1110. The monoisotopic (exact) mass is 404 g/mol. The first-order chi connectivity index (χ1) is 12.8. The summed E-state index contributed by atoms with van der Waals surface area (Å²) < 4.78 is 51.2. The van der Waals surface area contributed by atoms with E-state index in [9.17, 15) is 16.8 Å². The summed E-state index contributed by atoms with van der Waals surface area (Å²) in [6.45, 7) is 0. The maximum Gasteiger partial charge on any atom is 0.243 e. The summed E-state index contributed by atoms with van der Waals surface area (Å²) in [6, 6.07) is 14.9. The summed E-state index contributed by atoms with van der Waals surface area (Å²) in [7, 11) is -7.79. The van der Waals surface area contributed by atoms with E-state index in [1.807, 2.05) is 36.4 Å². The van der Waals surface area contributed by atoms with Gasteiger partial charge in [0.1, 0.15) is 0 Å². The lowest BCUT2D eigenvalue weighted by Gasteiger charge is -2.33. The van der Waals surface area contributed by atoms with E-state index >= 15 is 0 Å². The molecule has 2 N–H and O–H groups in total. The summed E-state index contributed by atoms with van der Waals surface area (Å²) in [5.74, 6) is 0. The molecule has 4 rings (SSSR count). The predicted octanol–water partition coefficient (Wildman–Crippen LogP) is 2.34. The highest BCUT2D eigenvalue weighted by molar-refractivity contribution is 7.90. The van der Waals surface area contributed by atoms with E-state index in [4.69, 9.17) is 5.14 Å². The molecule has 142 valence electrons. The first kappa shape index (κ1) is 18.4. The summed E-state index contributed by atoms with van der Waals surface area (Å²) >= 11 is 0. The highest BCUT2D eigenvalue weighted by atomic mass is 32.2. The smallest absolute Gasteiger partial charge is 0.225 e. The minimum atomic E-state index is -3.97. The molecule has 2 aliphatic heterocycles. The average molecular weight is 405 g/mol. The minimum absolute atomic E-state index is 0.0394. The van der Waals surface area contributed by atoms with Crippen LogP contribution in [-0.4, -0.2) is 33.2 Å². The SMILES string of the molecule is NS(=O)(=O)c1cccc(S(=O)(=O)N2C3C=C(c4ccccc4)CC2CC3)c1. The average Bonchev–Trinajstić information content (AvgIpc) is 2.93. The number of rotatable bonds is 4. The van der Waals surface area contributed by atoms with E-state index in [1.54, 1.807) is 0 Å². The summed E-state index contributed by atoms with van der Waals surface area (Å²) in [6.07, 6.45) is 4.22. The van der Waals surface area contributed by atoms with Crippen molar-refractivity contribution < 1.29 is 16.8 Å². The Morgan fingerprint density at radius 2 is 1.59 bits per heavy atom. The van der Waals surface area contributed by atoms with E-state index in [0.29, 0.717) is 6.42 Å². The lowest BCUT2D eigenvalue weighted by Crippen LogP contribution is -2.42. The highest BCUT2D eigenvalue weighted by Gasteiger charge is 2.44. The number of fused-ring (bicyclic) bond motifs is 2. The molecule has 27 heavy (non-hydrogen) atoms. The zero-order chi connectivity index (χ0) is 19.2. The van der Waals surface area contributed by atoms with E-state index in [-0.39, 0.29) is 21.9 Å². The van der Waals surface area contributed by atoms with Crippen molar-refractivity contribution >= 4 is 25.6 Å². The molecular formula is C19H20N2O4S2. The molecule has 2 bridgehead atoms. The number of hydrogen-bond donors (Lipinski definition) is 1. The maximum atomic E-state index is 13.2. The molecule has 2 aromatic rings. The van der Waals surface area contributed by atoms with Gasteiger partial charge in [-0.1, -0.05) is 42.5 Å². The van der Waals surface area contributed by atoms with Crippen LogP contribution in [0.3, 0.4) is 0 Å². The van der Waals surface area contributed by atoms with E-state index < -0.39 is 20.0 Å². The molecule has 0 amide bonds. The fourth-order valence-electron chi connectivity index (χ4n) is 3.97. The Hall–Kier alpha value is -2.00. The van der Waals surface area contributed by atoms with Gasteiger partial charge in [0.05, 0.1) is 9.79 Å². The number of nitrogens with zero attached hydrogens (tertiary/aromatic N) is 1. The maximum absolute atomic E-state index is 13.2. The van der Waals surface area contributed by atoms with Gasteiger partial charge in [-0.15, -0.1) is 0 Å². The number of sulfonamides is 2. The quantitative estimate of drug-likeness (QED) is 0.846. The Morgan fingerprint density at radius 3 is 2.26 bits per heavy atom. The fourth-order valence-corrected chi connectivity index (χ4v) is 6.46. The van der Waals surface area contributed by atoms with Crippen LogP contribution in [0.4, 0.5) is 0 Å². The molecule has 0 aromatic heterocycles. The first-order valence-electron chi connectivity index (χ1n) is 8.69. The predicted molar refractivity (Wildman–Crippen MR) is 103 cm³/mol. The van der Waals surface area contributed by atoms with Gasteiger partial charge in [0.15, 0.2) is 0 Å². The van der Waals surface area contributed by atoms with Gasteiger partial charge in [0.25, 0.3) is 0 Å². The minimum Gasteiger partial charge on any atom is -0.225 e. The molecule has 2 aliphatic rings. The van der Waals surface area contributed by atoms with Crippen molar-refractivity contribution in [3.63, 3.8) is 0 Å². The third-order valence-electron chi connectivity index (χ3n) is 5.19. The van der Waals surface area contributed by atoms with Gasteiger partial charge < -0.3 is 0 Å². The van der Waals surface area contributed by atoms with Gasteiger partial charge in [-0.2, -0.15) is 4.31 Å². The van der Waals surface area contributed by atoms with Crippen LogP contribution in [0, 0.1) is 0 Å². The lowest BCUT2D eigenvalue weighted by molar-refractivity contribution is 0.345. The van der Waals surface area contributed by atoms with E-state index in [0.717, 1.165) is 30.0 Å². The molecule has 2 aromatic carbocycles. The summed E-state index contributed by atoms with van der Waals surface area (Å²) in [4.78, 5) is -0.240. The number of primary sulfonamides is 1. The summed E-state index contributed by atoms with van der Waals surface area (Å²) in [5, 5.41) is 5.15. The molecule has 1 fully saturated rings. The Labute approximate surface area is 159 Å². The molecule has 2 unspecified atom stereocenters. The Morgan fingerprint density at radius 1 is 0.889 bits per heavy atom. The van der Waals surface area contributed by atoms with Gasteiger partial charge in [-0.3, -0.25) is 0 Å². The molecule has 6 nitrogen and oxygen atoms in total. The van der Waals surface area contributed by atoms with Crippen molar-refractivity contribution in [1.29, 1.82) is 0 Å². The van der Waals surface area contributed by atoms with Crippen LogP contribution >= 0.6 is 0 Å².